The minimum Gasteiger partial charge on any atom is -0.317 e. The Labute approximate surface area is 283 Å². The summed E-state index contributed by atoms with van der Waals surface area (Å²) in [5.74, 6) is 0.716. The number of nitrogens with zero attached hydrogens (tertiary/aromatic N) is 3. The molecule has 0 amide bonds. The van der Waals surface area contributed by atoms with E-state index in [9.17, 15) is 0 Å². The van der Waals surface area contributed by atoms with Gasteiger partial charge in [-0.2, -0.15) is 0 Å². The van der Waals surface area contributed by atoms with Crippen LogP contribution in [0.5, 0.6) is 0 Å². The van der Waals surface area contributed by atoms with Crippen molar-refractivity contribution in [1.29, 1.82) is 0 Å². The van der Waals surface area contributed by atoms with Crippen LogP contribution in [-0.4, -0.2) is 9.97 Å². The van der Waals surface area contributed by atoms with Crippen molar-refractivity contribution in [3.63, 3.8) is 0 Å². The van der Waals surface area contributed by atoms with Crippen LogP contribution in [-0.2, 0) is 0 Å². The van der Waals surface area contributed by atoms with Crippen molar-refractivity contribution >= 4 is 23.0 Å². The molecule has 6 aromatic rings. The summed E-state index contributed by atoms with van der Waals surface area (Å²) in [6.07, 6.45) is 13.6. The maximum Gasteiger partial charge on any atom is 0.160 e. The maximum absolute atomic E-state index is 5.09. The third kappa shape index (κ3) is 6.31. The van der Waals surface area contributed by atoms with Crippen molar-refractivity contribution in [3.8, 4) is 45.0 Å². The van der Waals surface area contributed by atoms with Gasteiger partial charge < -0.3 is 4.90 Å². The zero-order chi connectivity index (χ0) is 32.9. The van der Waals surface area contributed by atoms with Gasteiger partial charge >= 0.3 is 0 Å². The molecule has 1 aliphatic heterocycles. The minimum atomic E-state index is 0.716. The molecule has 0 aliphatic carbocycles. The first-order valence-electron chi connectivity index (χ1n) is 16.4. The first-order valence-corrected chi connectivity index (χ1v) is 16.4. The van der Waals surface area contributed by atoms with E-state index < -0.39 is 0 Å². The quantitative estimate of drug-likeness (QED) is 0.178. The molecule has 48 heavy (non-hydrogen) atoms. The van der Waals surface area contributed by atoms with E-state index in [4.69, 9.17) is 9.97 Å². The molecule has 0 unspecified atom stereocenters. The predicted molar refractivity (Wildman–Crippen MR) is 204 cm³/mol. The first kappa shape index (κ1) is 30.6. The molecule has 0 saturated carbocycles. The first-order chi connectivity index (χ1) is 23.6. The topological polar surface area (TPSA) is 29.0 Å². The van der Waals surface area contributed by atoms with Crippen molar-refractivity contribution in [2.45, 2.75) is 20.3 Å². The molecule has 0 radical (unpaired) electrons. The highest BCUT2D eigenvalue weighted by atomic mass is 15.1. The Balaban J connectivity index is 1.23. The second-order valence-corrected chi connectivity index (χ2v) is 11.9. The van der Waals surface area contributed by atoms with Crippen LogP contribution in [0.2, 0.25) is 0 Å². The van der Waals surface area contributed by atoms with Crippen molar-refractivity contribution in [2.75, 3.05) is 4.90 Å². The number of hydrogen-bond donors (Lipinski definition) is 0. The Kier molecular flexibility index (Phi) is 8.76. The van der Waals surface area contributed by atoms with Gasteiger partial charge in [-0.15, -0.1) is 0 Å². The van der Waals surface area contributed by atoms with Gasteiger partial charge in [0.05, 0.1) is 17.1 Å². The lowest BCUT2D eigenvalue weighted by atomic mass is 9.97. The molecule has 0 bridgehead atoms. The lowest BCUT2D eigenvalue weighted by molar-refractivity contribution is 1.18. The smallest absolute Gasteiger partial charge is 0.160 e. The lowest BCUT2D eigenvalue weighted by Gasteiger charge is -2.25. The van der Waals surface area contributed by atoms with Gasteiger partial charge in [-0.25, -0.2) is 9.97 Å². The molecular formula is C45H37N3. The summed E-state index contributed by atoms with van der Waals surface area (Å²) in [6.45, 7) is 8.58. The van der Waals surface area contributed by atoms with Gasteiger partial charge in [-0.05, 0) is 71.5 Å². The predicted octanol–water partition coefficient (Wildman–Crippen LogP) is 12.1. The van der Waals surface area contributed by atoms with Gasteiger partial charge in [-0.3, -0.25) is 0 Å². The molecule has 0 fully saturated rings. The molecule has 1 aliphatic rings. The number of hydrogen-bond acceptors (Lipinski definition) is 3. The fourth-order valence-electron chi connectivity index (χ4n) is 6.12. The van der Waals surface area contributed by atoms with E-state index in [2.05, 4.69) is 165 Å². The Bertz CT molecular complexity index is 2170. The molecule has 0 N–H and O–H groups in total. The minimum absolute atomic E-state index is 0.716. The Hall–Kier alpha value is -6.06. The maximum atomic E-state index is 5.09. The highest BCUT2D eigenvalue weighted by Crippen LogP contribution is 2.36. The van der Waals surface area contributed by atoms with Crippen LogP contribution in [0.25, 0.3) is 56.7 Å². The number of aryl methyl sites for hydroxylation is 1. The summed E-state index contributed by atoms with van der Waals surface area (Å²) in [5, 5.41) is 0. The van der Waals surface area contributed by atoms with Gasteiger partial charge in [0.25, 0.3) is 0 Å². The summed E-state index contributed by atoms with van der Waals surface area (Å²) >= 11 is 0. The molecular weight excluding hydrogens is 583 g/mol. The van der Waals surface area contributed by atoms with E-state index in [1.165, 1.54) is 11.1 Å². The summed E-state index contributed by atoms with van der Waals surface area (Å²) in [4.78, 5) is 12.4. The van der Waals surface area contributed by atoms with Crippen molar-refractivity contribution < 1.29 is 0 Å². The van der Waals surface area contributed by atoms with Crippen LogP contribution in [0.3, 0.4) is 0 Å². The van der Waals surface area contributed by atoms with E-state index in [0.29, 0.717) is 5.82 Å². The van der Waals surface area contributed by atoms with Crippen molar-refractivity contribution in [1.82, 2.24) is 9.97 Å². The zero-order valence-electron chi connectivity index (χ0n) is 27.3. The van der Waals surface area contributed by atoms with Gasteiger partial charge in [0.1, 0.15) is 0 Å². The summed E-state index contributed by atoms with van der Waals surface area (Å²) in [6, 6.07) is 44.5. The third-order valence-electron chi connectivity index (χ3n) is 8.69. The second kappa shape index (κ2) is 13.7. The molecule has 3 nitrogen and oxygen atoms in total. The van der Waals surface area contributed by atoms with Crippen molar-refractivity contribution in [3.05, 3.63) is 181 Å². The van der Waals surface area contributed by atoms with Crippen LogP contribution in [0.1, 0.15) is 30.0 Å². The number of fused-ring (bicyclic) bond motifs is 1. The second-order valence-electron chi connectivity index (χ2n) is 11.9. The molecule has 0 atom stereocenters. The molecule has 2 heterocycles. The largest absolute Gasteiger partial charge is 0.317 e. The summed E-state index contributed by atoms with van der Waals surface area (Å²) < 4.78 is 0. The Morgan fingerprint density at radius 2 is 1.31 bits per heavy atom. The Morgan fingerprint density at radius 1 is 0.646 bits per heavy atom. The lowest BCUT2D eigenvalue weighted by Crippen LogP contribution is -2.11. The van der Waals surface area contributed by atoms with Crippen LogP contribution < -0.4 is 4.90 Å². The fraction of sp³-hybridized carbons (Fsp3) is 0.0667. The summed E-state index contributed by atoms with van der Waals surface area (Å²) in [5.41, 5.74) is 14.0. The molecule has 3 heteroatoms. The number of anilines is 2. The molecule has 232 valence electrons. The average Bonchev–Trinajstić information content (AvgIpc) is 3.14. The third-order valence-corrected chi connectivity index (χ3v) is 8.69. The Morgan fingerprint density at radius 3 is 2.08 bits per heavy atom. The zero-order valence-corrected chi connectivity index (χ0v) is 27.3. The number of benzene rings is 5. The van der Waals surface area contributed by atoms with E-state index in [-0.39, 0.29) is 0 Å². The number of aromatic nitrogens is 2. The van der Waals surface area contributed by atoms with E-state index in [0.717, 1.165) is 68.1 Å². The highest BCUT2D eigenvalue weighted by molar-refractivity contribution is 5.86. The van der Waals surface area contributed by atoms with Crippen LogP contribution in [0.4, 0.5) is 11.4 Å². The van der Waals surface area contributed by atoms with E-state index in [1.807, 2.05) is 24.3 Å². The number of rotatable bonds is 7. The summed E-state index contributed by atoms with van der Waals surface area (Å²) in [7, 11) is 0. The number of allylic oxidation sites excluding steroid dienone is 5. The molecule has 7 rings (SSSR count). The molecule has 1 aromatic heterocycles. The van der Waals surface area contributed by atoms with Crippen LogP contribution in [0, 0.1) is 6.92 Å². The average molecular weight is 620 g/mol. The SMILES string of the molecule is C=C1/C=C\C=C/N(c2ccc(-c3ccc(-c4cc(-c5cccc(C)c5/C=C\CC)nc(-c5ccccc5)n4)cc3)cc2)c2ccccc21. The number of para-hydroxylation sites is 1. The van der Waals surface area contributed by atoms with Gasteiger partial charge in [0, 0.05) is 34.1 Å². The fourth-order valence-corrected chi connectivity index (χ4v) is 6.12. The highest BCUT2D eigenvalue weighted by Gasteiger charge is 2.15. The standard InChI is InChI=1S/C45H37N3/c1-4-5-18-39-32(2)15-13-20-41(39)43-31-42(46-45(47-43)37-16-7-6-8-17-37)36-24-22-34(23-25-36)35-26-28-38(29-27-35)48-30-12-11-14-33(3)40-19-9-10-21-44(40)48/h5-31H,3-4H2,1-2H3/b14-11-,18-5-,30-12-. The van der Waals surface area contributed by atoms with E-state index >= 15 is 0 Å². The monoisotopic (exact) mass is 619 g/mol. The van der Waals surface area contributed by atoms with Crippen molar-refractivity contribution in [2.24, 2.45) is 0 Å². The van der Waals surface area contributed by atoms with Gasteiger partial charge in [0.15, 0.2) is 5.82 Å². The normalized spacial score (nSPS) is 14.0. The van der Waals surface area contributed by atoms with Crippen LogP contribution in [0.15, 0.2) is 164 Å². The molecule has 5 aromatic carbocycles. The van der Waals surface area contributed by atoms with Gasteiger partial charge in [-0.1, -0.05) is 141 Å². The van der Waals surface area contributed by atoms with Crippen LogP contribution >= 0.6 is 0 Å². The molecule has 0 spiro atoms. The van der Waals surface area contributed by atoms with E-state index in [1.54, 1.807) is 0 Å². The molecule has 0 saturated heterocycles. The van der Waals surface area contributed by atoms with Gasteiger partial charge in [0.2, 0.25) is 0 Å².